The number of aryl methyl sites for hydroxylation is 1. The first-order valence-corrected chi connectivity index (χ1v) is 13.3. The van der Waals surface area contributed by atoms with Gasteiger partial charge >= 0.3 is 0 Å². The van der Waals surface area contributed by atoms with Gasteiger partial charge in [0, 0.05) is 38.6 Å². The molecule has 0 radical (unpaired) electrons. The SMILES string of the molecule is CCCCCCCCc1noc(-c2ccc(C[NH+](CC)Cc3csc4ccccc34)cc2)n1. The number of fused-ring (bicyclic) bond motifs is 1. The summed E-state index contributed by atoms with van der Waals surface area (Å²) < 4.78 is 6.91. The lowest BCUT2D eigenvalue weighted by atomic mass is 10.1. The van der Waals surface area contributed by atoms with Crippen LogP contribution in [0.15, 0.2) is 58.4 Å². The Hall–Kier alpha value is -2.50. The van der Waals surface area contributed by atoms with Gasteiger partial charge in [-0.25, -0.2) is 0 Å². The summed E-state index contributed by atoms with van der Waals surface area (Å²) in [6, 6.07) is 17.4. The van der Waals surface area contributed by atoms with Crippen LogP contribution in [0.3, 0.4) is 0 Å². The van der Waals surface area contributed by atoms with Crippen LogP contribution >= 0.6 is 11.3 Å². The van der Waals surface area contributed by atoms with Gasteiger partial charge in [-0.15, -0.1) is 11.3 Å². The van der Waals surface area contributed by atoms with Crippen LogP contribution in [-0.4, -0.2) is 16.7 Å². The maximum absolute atomic E-state index is 5.53. The molecule has 33 heavy (non-hydrogen) atoms. The molecule has 5 heteroatoms. The molecule has 2 aromatic carbocycles. The summed E-state index contributed by atoms with van der Waals surface area (Å²) in [5.41, 5.74) is 3.79. The third-order valence-corrected chi connectivity index (χ3v) is 7.39. The molecule has 0 saturated heterocycles. The first-order valence-electron chi connectivity index (χ1n) is 12.5. The van der Waals surface area contributed by atoms with Crippen LogP contribution in [0.5, 0.6) is 0 Å². The van der Waals surface area contributed by atoms with Crippen molar-refractivity contribution in [3.63, 3.8) is 0 Å². The highest BCUT2D eigenvalue weighted by Crippen LogP contribution is 2.25. The van der Waals surface area contributed by atoms with E-state index in [2.05, 4.69) is 77.9 Å². The van der Waals surface area contributed by atoms with Gasteiger partial charge in [0.2, 0.25) is 0 Å². The molecule has 0 amide bonds. The third kappa shape index (κ3) is 6.52. The van der Waals surface area contributed by atoms with E-state index in [1.807, 2.05) is 11.3 Å². The van der Waals surface area contributed by atoms with E-state index < -0.39 is 0 Å². The quantitative estimate of drug-likeness (QED) is 0.232. The molecule has 1 N–H and O–H groups in total. The van der Waals surface area contributed by atoms with Crippen molar-refractivity contribution in [3.05, 3.63) is 70.9 Å². The number of nitrogens with zero attached hydrogens (tertiary/aromatic N) is 2. The van der Waals surface area contributed by atoms with Crippen LogP contribution in [0.1, 0.15) is 69.3 Å². The molecule has 0 aliphatic rings. The number of quaternary nitrogens is 1. The van der Waals surface area contributed by atoms with Crippen molar-refractivity contribution < 1.29 is 9.42 Å². The van der Waals surface area contributed by atoms with Crippen LogP contribution in [0, 0.1) is 0 Å². The predicted molar refractivity (Wildman–Crippen MR) is 138 cm³/mol. The van der Waals surface area contributed by atoms with Crippen LogP contribution in [-0.2, 0) is 19.5 Å². The van der Waals surface area contributed by atoms with Gasteiger partial charge in [-0.1, -0.05) is 74.5 Å². The fourth-order valence-corrected chi connectivity index (χ4v) is 5.30. The second kappa shape index (κ2) is 12.1. The van der Waals surface area contributed by atoms with E-state index in [-0.39, 0.29) is 0 Å². The smallest absolute Gasteiger partial charge is 0.257 e. The Morgan fingerprint density at radius 2 is 1.67 bits per heavy atom. The summed E-state index contributed by atoms with van der Waals surface area (Å²) in [6.45, 7) is 7.67. The van der Waals surface area contributed by atoms with Crippen molar-refractivity contribution in [1.29, 1.82) is 0 Å². The van der Waals surface area contributed by atoms with Crippen molar-refractivity contribution in [2.24, 2.45) is 0 Å². The average molecular weight is 463 g/mol. The number of rotatable bonds is 13. The number of hydrogen-bond acceptors (Lipinski definition) is 4. The largest absolute Gasteiger partial charge is 0.334 e. The van der Waals surface area contributed by atoms with E-state index >= 15 is 0 Å². The summed E-state index contributed by atoms with van der Waals surface area (Å²) in [4.78, 5) is 6.18. The molecule has 0 bridgehead atoms. The summed E-state index contributed by atoms with van der Waals surface area (Å²) >= 11 is 1.85. The lowest BCUT2D eigenvalue weighted by Crippen LogP contribution is -3.09. The number of unbranched alkanes of at least 4 members (excludes halogenated alkanes) is 5. The van der Waals surface area contributed by atoms with Crippen molar-refractivity contribution in [2.75, 3.05) is 6.54 Å². The highest BCUT2D eigenvalue weighted by atomic mass is 32.1. The summed E-state index contributed by atoms with van der Waals surface area (Å²) in [7, 11) is 0. The van der Waals surface area contributed by atoms with Gasteiger partial charge in [0.05, 0.1) is 6.54 Å². The molecule has 4 aromatic rings. The first kappa shape index (κ1) is 23.7. The van der Waals surface area contributed by atoms with E-state index in [4.69, 9.17) is 4.52 Å². The van der Waals surface area contributed by atoms with Crippen LogP contribution in [0.4, 0.5) is 0 Å². The fraction of sp³-hybridized carbons (Fsp3) is 0.429. The van der Waals surface area contributed by atoms with Gasteiger partial charge in [0.25, 0.3) is 5.89 Å². The van der Waals surface area contributed by atoms with Crippen molar-refractivity contribution in [3.8, 4) is 11.5 Å². The zero-order chi connectivity index (χ0) is 22.9. The minimum Gasteiger partial charge on any atom is -0.334 e. The standard InChI is InChI=1S/C28H35N3OS/c1-3-5-6-7-8-9-14-27-29-28(32-30-27)23-17-15-22(16-18-23)19-31(4-2)20-24-21-33-26-13-11-10-12-25(24)26/h10-13,15-18,21H,3-9,14,19-20H2,1-2H3/p+1. The highest BCUT2D eigenvalue weighted by Gasteiger charge is 2.13. The van der Waals surface area contributed by atoms with E-state index in [1.54, 1.807) is 4.90 Å². The Kier molecular flexibility index (Phi) is 8.67. The molecular weight excluding hydrogens is 426 g/mol. The van der Waals surface area contributed by atoms with Gasteiger partial charge in [0.15, 0.2) is 5.82 Å². The minimum atomic E-state index is 0.631. The number of nitrogens with one attached hydrogen (secondary N) is 1. The molecule has 2 aromatic heterocycles. The first-order chi connectivity index (χ1) is 16.3. The van der Waals surface area contributed by atoms with Gasteiger partial charge < -0.3 is 9.42 Å². The normalized spacial score (nSPS) is 12.4. The van der Waals surface area contributed by atoms with Gasteiger partial charge in [-0.2, -0.15) is 4.98 Å². The molecule has 174 valence electrons. The number of hydrogen-bond donors (Lipinski definition) is 1. The molecule has 0 aliphatic carbocycles. The lowest BCUT2D eigenvalue weighted by molar-refractivity contribution is -0.925. The fourth-order valence-electron chi connectivity index (χ4n) is 4.34. The third-order valence-electron chi connectivity index (χ3n) is 6.38. The van der Waals surface area contributed by atoms with Crippen molar-refractivity contribution in [1.82, 2.24) is 10.1 Å². The number of thiophene rings is 1. The Bertz CT molecular complexity index is 1120. The molecule has 0 fully saturated rings. The predicted octanol–water partition coefficient (Wildman–Crippen LogP) is 6.46. The maximum Gasteiger partial charge on any atom is 0.257 e. The average Bonchev–Trinajstić information content (AvgIpc) is 3.49. The van der Waals surface area contributed by atoms with Crippen LogP contribution in [0.25, 0.3) is 21.5 Å². The zero-order valence-corrected chi connectivity index (χ0v) is 20.8. The molecule has 0 aliphatic heterocycles. The van der Waals surface area contributed by atoms with E-state index in [0.717, 1.165) is 43.9 Å². The summed E-state index contributed by atoms with van der Waals surface area (Å²) in [5, 5.41) is 7.91. The van der Waals surface area contributed by atoms with Gasteiger partial charge in [0.1, 0.15) is 13.1 Å². The lowest BCUT2D eigenvalue weighted by Gasteiger charge is -2.17. The molecule has 4 rings (SSSR count). The zero-order valence-electron chi connectivity index (χ0n) is 20.0. The molecule has 2 heterocycles. The Morgan fingerprint density at radius 3 is 2.48 bits per heavy atom. The summed E-state index contributed by atoms with van der Waals surface area (Å²) in [5.74, 6) is 1.46. The minimum absolute atomic E-state index is 0.631. The molecule has 1 atom stereocenters. The Labute approximate surface area is 201 Å². The maximum atomic E-state index is 5.53. The van der Waals surface area contributed by atoms with Crippen LogP contribution in [0.2, 0.25) is 0 Å². The topological polar surface area (TPSA) is 43.4 Å². The Morgan fingerprint density at radius 1 is 0.879 bits per heavy atom. The second-order valence-electron chi connectivity index (χ2n) is 8.94. The molecule has 0 saturated carbocycles. The molecular formula is C28H36N3OS+. The molecule has 0 spiro atoms. The molecule has 4 nitrogen and oxygen atoms in total. The number of benzene rings is 2. The van der Waals surface area contributed by atoms with E-state index in [0.29, 0.717) is 5.89 Å². The van der Waals surface area contributed by atoms with E-state index in [9.17, 15) is 0 Å². The molecule has 1 unspecified atom stereocenters. The van der Waals surface area contributed by atoms with Crippen molar-refractivity contribution in [2.45, 2.75) is 71.9 Å². The second-order valence-corrected chi connectivity index (χ2v) is 9.86. The van der Waals surface area contributed by atoms with Crippen LogP contribution < -0.4 is 4.90 Å². The van der Waals surface area contributed by atoms with E-state index in [1.165, 1.54) is 53.3 Å². The Balaban J connectivity index is 1.31. The number of aromatic nitrogens is 2. The highest BCUT2D eigenvalue weighted by molar-refractivity contribution is 7.17. The van der Waals surface area contributed by atoms with Gasteiger partial charge in [-0.05, 0) is 31.5 Å². The van der Waals surface area contributed by atoms with Crippen molar-refractivity contribution >= 4 is 21.4 Å². The van der Waals surface area contributed by atoms with Gasteiger partial charge in [-0.3, -0.25) is 0 Å². The monoisotopic (exact) mass is 462 g/mol. The summed E-state index contributed by atoms with van der Waals surface area (Å²) in [6.07, 6.45) is 8.55.